The lowest BCUT2D eigenvalue weighted by atomic mass is 10.0. The third kappa shape index (κ3) is 6.04. The number of thiocarbonyl (C=S) groups is 1. The molecule has 0 aliphatic rings. The standard InChI is InChI=1S/C21H17F6N5OS/c1-32-9-17(30-10-32)18(33)31-16-3-2-12(6-15(16)28)19(34)29-8-11-4-13(20(22,23)24)7-14(5-11)21(25,26)27/h2-7,9-10H,8,28H2,1H3,(H,29,34)(H,31,33). The van der Waals surface area contributed by atoms with Crippen LogP contribution in [0.1, 0.15) is 32.7 Å². The van der Waals surface area contributed by atoms with Gasteiger partial charge in [-0.2, -0.15) is 26.3 Å². The molecule has 1 heterocycles. The number of rotatable bonds is 5. The van der Waals surface area contributed by atoms with Crippen molar-refractivity contribution in [2.24, 2.45) is 7.05 Å². The minimum Gasteiger partial charge on any atom is -0.397 e. The molecule has 1 aromatic heterocycles. The number of hydrogen-bond donors (Lipinski definition) is 3. The smallest absolute Gasteiger partial charge is 0.397 e. The van der Waals surface area contributed by atoms with E-state index in [2.05, 4.69) is 15.6 Å². The number of nitrogens with zero attached hydrogens (tertiary/aromatic N) is 2. The monoisotopic (exact) mass is 501 g/mol. The first-order valence-corrected chi connectivity index (χ1v) is 9.90. The SMILES string of the molecule is Cn1cnc(C(=O)Nc2ccc(C(=S)NCc3cc(C(F)(F)F)cc(C(F)(F)F)c3)cc2N)c1. The summed E-state index contributed by atoms with van der Waals surface area (Å²) in [6.07, 6.45) is -6.93. The highest BCUT2D eigenvalue weighted by Crippen LogP contribution is 2.36. The number of nitrogens with two attached hydrogens (primary N) is 1. The van der Waals surface area contributed by atoms with Crippen molar-refractivity contribution >= 4 is 34.5 Å². The summed E-state index contributed by atoms with van der Waals surface area (Å²) in [6.45, 7) is -0.385. The number of nitrogens with one attached hydrogen (secondary N) is 2. The summed E-state index contributed by atoms with van der Waals surface area (Å²) < 4.78 is 79.7. The third-order valence-electron chi connectivity index (χ3n) is 4.60. The molecule has 6 nitrogen and oxygen atoms in total. The lowest BCUT2D eigenvalue weighted by Gasteiger charge is -2.15. The van der Waals surface area contributed by atoms with Crippen molar-refractivity contribution in [2.45, 2.75) is 18.9 Å². The van der Waals surface area contributed by atoms with Crippen molar-refractivity contribution in [3.05, 3.63) is 76.9 Å². The number of halogens is 6. The van der Waals surface area contributed by atoms with Crippen LogP contribution in [-0.4, -0.2) is 20.4 Å². The van der Waals surface area contributed by atoms with E-state index in [1.54, 1.807) is 11.6 Å². The van der Waals surface area contributed by atoms with Crippen LogP contribution in [0.5, 0.6) is 0 Å². The number of amides is 1. The third-order valence-corrected chi connectivity index (χ3v) is 4.98. The van der Waals surface area contributed by atoms with Crippen LogP contribution < -0.4 is 16.4 Å². The molecule has 180 valence electrons. The largest absolute Gasteiger partial charge is 0.416 e. The molecule has 0 atom stereocenters. The Labute approximate surface area is 194 Å². The number of nitrogen functional groups attached to an aromatic ring is 1. The quantitative estimate of drug-likeness (QED) is 0.267. The molecule has 13 heteroatoms. The summed E-state index contributed by atoms with van der Waals surface area (Å²) in [5, 5.41) is 5.22. The topological polar surface area (TPSA) is 85.0 Å². The van der Waals surface area contributed by atoms with Gasteiger partial charge in [0.25, 0.3) is 5.91 Å². The van der Waals surface area contributed by atoms with Gasteiger partial charge in [0, 0.05) is 25.4 Å². The molecular formula is C21H17F6N5OS. The zero-order chi connectivity index (χ0) is 25.3. The Kier molecular flexibility index (Phi) is 6.87. The summed E-state index contributed by atoms with van der Waals surface area (Å²) in [4.78, 5) is 16.2. The number of aryl methyl sites for hydroxylation is 1. The van der Waals surface area contributed by atoms with Gasteiger partial charge in [0.1, 0.15) is 10.7 Å². The zero-order valence-corrected chi connectivity index (χ0v) is 18.2. The maximum atomic E-state index is 13.0. The Morgan fingerprint density at radius 2 is 1.68 bits per heavy atom. The maximum absolute atomic E-state index is 13.0. The van der Waals surface area contributed by atoms with Crippen LogP contribution >= 0.6 is 12.2 Å². The van der Waals surface area contributed by atoms with Gasteiger partial charge < -0.3 is 20.9 Å². The van der Waals surface area contributed by atoms with Gasteiger partial charge in [0.2, 0.25) is 0 Å². The van der Waals surface area contributed by atoms with Gasteiger partial charge in [-0.25, -0.2) is 4.98 Å². The summed E-state index contributed by atoms with van der Waals surface area (Å²) in [5.41, 5.74) is 3.81. The van der Waals surface area contributed by atoms with Crippen LogP contribution in [0.25, 0.3) is 0 Å². The van der Waals surface area contributed by atoms with Gasteiger partial charge in [-0.1, -0.05) is 12.2 Å². The van der Waals surface area contributed by atoms with Crippen LogP contribution in [0.2, 0.25) is 0 Å². The highest BCUT2D eigenvalue weighted by atomic mass is 32.1. The number of benzene rings is 2. The van der Waals surface area contributed by atoms with E-state index in [4.69, 9.17) is 18.0 Å². The van der Waals surface area contributed by atoms with E-state index in [1.807, 2.05) is 0 Å². The van der Waals surface area contributed by atoms with Gasteiger partial charge in [-0.15, -0.1) is 0 Å². The lowest BCUT2D eigenvalue weighted by Crippen LogP contribution is -2.23. The van der Waals surface area contributed by atoms with E-state index in [-0.39, 0.29) is 40.2 Å². The van der Waals surface area contributed by atoms with Gasteiger partial charge in [-0.3, -0.25) is 4.79 Å². The van der Waals surface area contributed by atoms with Crippen LogP contribution in [0, 0.1) is 0 Å². The van der Waals surface area contributed by atoms with Gasteiger partial charge >= 0.3 is 12.4 Å². The fourth-order valence-corrected chi connectivity index (χ4v) is 3.14. The van der Waals surface area contributed by atoms with Crippen LogP contribution in [0.4, 0.5) is 37.7 Å². The van der Waals surface area contributed by atoms with Gasteiger partial charge in [0.15, 0.2) is 0 Å². The number of imidazole rings is 1. The second-order valence-electron chi connectivity index (χ2n) is 7.28. The summed E-state index contributed by atoms with van der Waals surface area (Å²) >= 11 is 5.19. The summed E-state index contributed by atoms with van der Waals surface area (Å²) in [7, 11) is 1.70. The van der Waals surface area contributed by atoms with Crippen molar-refractivity contribution in [2.75, 3.05) is 11.1 Å². The predicted molar refractivity (Wildman–Crippen MR) is 117 cm³/mol. The molecule has 4 N–H and O–H groups in total. The van der Waals surface area contributed by atoms with Crippen LogP contribution in [0.3, 0.4) is 0 Å². The first kappa shape index (κ1) is 25.0. The fraction of sp³-hybridized carbons (Fsp3) is 0.190. The van der Waals surface area contributed by atoms with Crippen molar-refractivity contribution in [1.29, 1.82) is 0 Å². The van der Waals surface area contributed by atoms with E-state index >= 15 is 0 Å². The molecule has 1 amide bonds. The minimum absolute atomic E-state index is 0.0419. The zero-order valence-electron chi connectivity index (χ0n) is 17.4. The molecule has 0 unspecified atom stereocenters. The molecule has 0 radical (unpaired) electrons. The van der Waals surface area contributed by atoms with E-state index in [9.17, 15) is 31.1 Å². The Balaban J connectivity index is 1.72. The Hall–Kier alpha value is -3.61. The summed E-state index contributed by atoms with van der Waals surface area (Å²) in [5.74, 6) is -0.495. The Bertz CT molecular complexity index is 1200. The van der Waals surface area contributed by atoms with Crippen LogP contribution in [-0.2, 0) is 25.9 Å². The highest BCUT2D eigenvalue weighted by Gasteiger charge is 2.36. The molecule has 0 spiro atoms. The molecule has 0 bridgehead atoms. The first-order valence-electron chi connectivity index (χ1n) is 9.49. The minimum atomic E-state index is -4.94. The molecule has 0 aliphatic carbocycles. The van der Waals surface area contributed by atoms with Crippen molar-refractivity contribution < 1.29 is 31.1 Å². The van der Waals surface area contributed by atoms with E-state index in [1.165, 1.54) is 30.7 Å². The van der Waals surface area contributed by atoms with E-state index in [0.717, 1.165) is 0 Å². The molecule has 0 saturated heterocycles. The van der Waals surface area contributed by atoms with E-state index in [0.29, 0.717) is 17.7 Å². The van der Waals surface area contributed by atoms with Crippen molar-refractivity contribution in [3.63, 3.8) is 0 Å². The average molecular weight is 501 g/mol. The second-order valence-corrected chi connectivity index (χ2v) is 7.69. The lowest BCUT2D eigenvalue weighted by molar-refractivity contribution is -0.143. The van der Waals surface area contributed by atoms with Gasteiger partial charge in [-0.05, 0) is 42.0 Å². The fourth-order valence-electron chi connectivity index (χ4n) is 2.94. The molecule has 0 saturated carbocycles. The number of hydrogen-bond acceptors (Lipinski definition) is 4. The summed E-state index contributed by atoms with van der Waals surface area (Å²) in [6, 6.07) is 5.67. The van der Waals surface area contributed by atoms with Crippen LogP contribution in [0.15, 0.2) is 48.9 Å². The van der Waals surface area contributed by atoms with Crippen molar-refractivity contribution in [3.8, 4) is 0 Å². The maximum Gasteiger partial charge on any atom is 0.416 e. The number of carbonyl (C=O) groups excluding carboxylic acids is 1. The average Bonchev–Trinajstić information content (AvgIpc) is 3.18. The Morgan fingerprint density at radius 3 is 2.18 bits per heavy atom. The second kappa shape index (κ2) is 9.33. The Morgan fingerprint density at radius 1 is 1.06 bits per heavy atom. The highest BCUT2D eigenvalue weighted by molar-refractivity contribution is 7.80. The molecule has 3 aromatic rings. The number of carbonyl (C=O) groups is 1. The molecule has 3 rings (SSSR count). The number of anilines is 2. The number of aromatic nitrogens is 2. The first-order chi connectivity index (χ1) is 15.7. The van der Waals surface area contributed by atoms with E-state index < -0.39 is 29.4 Å². The van der Waals surface area contributed by atoms with Crippen molar-refractivity contribution in [1.82, 2.24) is 14.9 Å². The van der Waals surface area contributed by atoms with Gasteiger partial charge in [0.05, 0.1) is 28.8 Å². The predicted octanol–water partition coefficient (Wildman–Crippen LogP) is 4.76. The number of alkyl halides is 6. The molecule has 34 heavy (non-hydrogen) atoms. The normalized spacial score (nSPS) is 11.9. The molecule has 0 fully saturated rings. The molecule has 2 aromatic carbocycles. The molecule has 0 aliphatic heterocycles. The molecular weight excluding hydrogens is 484 g/mol.